The largest absolute Gasteiger partial charge is 0.456 e. The van der Waals surface area contributed by atoms with E-state index in [1.807, 2.05) is 18.5 Å². The molecule has 24 aromatic carbocycles. The van der Waals surface area contributed by atoms with Crippen LogP contribution in [0.3, 0.4) is 0 Å². The molecule has 0 atom stereocenters. The molecule has 0 aliphatic rings. The second kappa shape index (κ2) is 31.7. The highest BCUT2D eigenvalue weighted by atomic mass is 16.3. The molecule has 4 aromatic heterocycles. The Kier molecular flexibility index (Phi) is 18.3. The van der Waals surface area contributed by atoms with Gasteiger partial charge in [-0.3, -0.25) is 4.98 Å². The molecule has 28 rings (SSSR count). The minimum atomic E-state index is 0.914. The van der Waals surface area contributed by atoms with Crippen molar-refractivity contribution in [2.75, 3.05) is 0 Å². The monoisotopic (exact) mass is 1690 g/mol. The molecule has 0 spiro atoms. The standard InChI is InChI=1S/C52H31NO.C41H27N.C36H22O/c1-2-16-33(17-3-1)53-47-27-12-10-19-35(47)44-30-43-32(29-48(44)53)15-14-26-41(43)50-37-21-5-7-23-39(37)51(40-24-8-6-22-38(40)50)45-31-46-36-20-11-13-28-49(36)54-52(46)42-25-9-4-18-34(42)45;1-3-12-28(13-4-1)31-24-32(29-14-5-2-6-15-29)26-33(25-31)40-34-17-7-9-19-36(34)41(37-20-10-8-18-35(37)40)38-21-11-16-30-22-23-42-27-39(30)38;1-2-11-24(12-3-1)34-27-14-6-8-16-29(27)35(30-17-9-7-15-28(30)34)25-19-20-32-31(22-25)36-26-13-5-4-10-23(26)18-21-33(36)37-32/h1-31H;1-27H;1-22H. The van der Waals surface area contributed by atoms with E-state index in [2.05, 4.69) is 477 Å². The Morgan fingerprint density at radius 1 is 0.173 bits per heavy atom. The van der Waals surface area contributed by atoms with Gasteiger partial charge in [0.25, 0.3) is 0 Å². The third-order valence-electron chi connectivity index (χ3n) is 27.5. The lowest BCUT2D eigenvalue weighted by atomic mass is 9.83. The topological polar surface area (TPSA) is 44.1 Å². The first-order chi connectivity index (χ1) is 66.0. The van der Waals surface area contributed by atoms with Crippen LogP contribution in [0, 0.1) is 0 Å². The van der Waals surface area contributed by atoms with Gasteiger partial charge in [-0.05, 0) is 271 Å². The molecule has 0 saturated heterocycles. The Morgan fingerprint density at radius 3 is 1.15 bits per heavy atom. The van der Waals surface area contributed by atoms with Crippen LogP contribution in [-0.4, -0.2) is 9.55 Å². The number of aromatic nitrogens is 2. The SMILES string of the molecule is c1ccc(-c2c3ccccc3c(-c3ccc4oc5ccc6ccccc6c5c4c3)c3ccccc23)cc1.c1ccc(-c2cc(-c3ccccc3)cc(-c3c4ccccc4c(-c4cccc5ccncc45)c4ccccc34)c2)cc1.c1ccc(-n2c3ccccc3c3cc4c(-c5c6ccccc6c(-c6cc7c8ccccc8oc7c7ccccc67)c6ccccc56)cccc4cc32)cc1. The predicted molar refractivity (Wildman–Crippen MR) is 565 cm³/mol. The summed E-state index contributed by atoms with van der Waals surface area (Å²) in [5.41, 5.74) is 27.1. The number of fused-ring (bicyclic) bond motifs is 21. The summed E-state index contributed by atoms with van der Waals surface area (Å²) in [5.74, 6) is 0. The Labute approximate surface area is 766 Å². The molecule has 0 amide bonds. The second-order valence-electron chi connectivity index (χ2n) is 34.8. The van der Waals surface area contributed by atoms with E-state index in [4.69, 9.17) is 8.83 Å². The highest BCUT2D eigenvalue weighted by molar-refractivity contribution is 6.31. The maximum Gasteiger partial charge on any atom is 0.143 e. The average molecular weight is 1690 g/mol. The van der Waals surface area contributed by atoms with Gasteiger partial charge in [0.05, 0.1) is 11.0 Å². The first-order valence-electron chi connectivity index (χ1n) is 45.7. The first-order valence-corrected chi connectivity index (χ1v) is 45.7. The third-order valence-corrected chi connectivity index (χ3v) is 27.5. The average Bonchev–Trinajstić information content (AvgIpc) is 1.70. The molecule has 0 fully saturated rings. The van der Waals surface area contributed by atoms with E-state index < -0.39 is 0 Å². The zero-order chi connectivity index (χ0) is 87.6. The van der Waals surface area contributed by atoms with Crippen LogP contribution in [0.15, 0.2) is 494 Å². The Bertz CT molecular complexity index is 9350. The number of hydrogen-bond donors (Lipinski definition) is 0. The van der Waals surface area contributed by atoms with E-state index in [0.717, 1.165) is 43.9 Å². The summed E-state index contributed by atoms with van der Waals surface area (Å²) in [7, 11) is 0. The van der Waals surface area contributed by atoms with Crippen LogP contribution >= 0.6 is 0 Å². The number of rotatable bonds is 9. The van der Waals surface area contributed by atoms with Gasteiger partial charge in [-0.2, -0.15) is 0 Å². The normalized spacial score (nSPS) is 11.8. The Morgan fingerprint density at radius 2 is 0.579 bits per heavy atom. The fourth-order valence-electron chi connectivity index (χ4n) is 21.8. The van der Waals surface area contributed by atoms with E-state index in [1.165, 1.54) is 224 Å². The third kappa shape index (κ3) is 12.7. The zero-order valence-electron chi connectivity index (χ0n) is 72.4. The van der Waals surface area contributed by atoms with Crippen LogP contribution in [0.4, 0.5) is 0 Å². The molecule has 4 heterocycles. The van der Waals surface area contributed by atoms with Crippen molar-refractivity contribution in [2.24, 2.45) is 0 Å². The Balaban J connectivity index is 0.000000106. The smallest absolute Gasteiger partial charge is 0.143 e. The van der Waals surface area contributed by atoms with Crippen LogP contribution in [0.1, 0.15) is 0 Å². The summed E-state index contributed by atoms with van der Waals surface area (Å²) in [6.45, 7) is 0. The van der Waals surface area contributed by atoms with Gasteiger partial charge in [0.15, 0.2) is 0 Å². The van der Waals surface area contributed by atoms with Crippen molar-refractivity contribution in [1.29, 1.82) is 0 Å². The van der Waals surface area contributed by atoms with Crippen LogP contribution in [0.5, 0.6) is 0 Å². The molecule has 0 radical (unpaired) electrons. The fraction of sp³-hybridized carbons (Fsp3) is 0. The van der Waals surface area contributed by atoms with Gasteiger partial charge in [-0.15, -0.1) is 0 Å². The molecule has 133 heavy (non-hydrogen) atoms. The van der Waals surface area contributed by atoms with Crippen molar-refractivity contribution in [3.63, 3.8) is 0 Å². The summed E-state index contributed by atoms with van der Waals surface area (Å²) in [5, 5.41) is 31.8. The molecule has 0 bridgehead atoms. The number of nitrogens with zero attached hydrogens (tertiary/aromatic N) is 2. The van der Waals surface area contributed by atoms with Crippen LogP contribution in [0.25, 0.3) is 268 Å². The maximum atomic E-state index is 6.53. The molecule has 0 aliphatic heterocycles. The van der Waals surface area contributed by atoms with Crippen molar-refractivity contribution in [3.8, 4) is 94.7 Å². The summed E-state index contributed by atoms with van der Waals surface area (Å²) in [6, 6.07) is 171. The molecular formula is C129H80N2O2. The molecule has 618 valence electrons. The van der Waals surface area contributed by atoms with Gasteiger partial charge in [0.2, 0.25) is 0 Å². The van der Waals surface area contributed by atoms with Gasteiger partial charge in [0, 0.05) is 61.2 Å². The van der Waals surface area contributed by atoms with Gasteiger partial charge < -0.3 is 13.4 Å². The van der Waals surface area contributed by atoms with Crippen LogP contribution < -0.4 is 0 Å². The lowest BCUT2D eigenvalue weighted by Gasteiger charge is -2.20. The fourth-order valence-corrected chi connectivity index (χ4v) is 21.8. The van der Waals surface area contributed by atoms with E-state index in [9.17, 15) is 0 Å². The molecule has 28 aromatic rings. The van der Waals surface area contributed by atoms with Crippen molar-refractivity contribution < 1.29 is 8.83 Å². The minimum Gasteiger partial charge on any atom is -0.456 e. The highest BCUT2D eigenvalue weighted by Crippen LogP contribution is 2.53. The van der Waals surface area contributed by atoms with Gasteiger partial charge in [-0.1, -0.05) is 388 Å². The molecule has 0 aliphatic carbocycles. The van der Waals surface area contributed by atoms with Crippen molar-refractivity contribution in [2.45, 2.75) is 0 Å². The number of pyridine rings is 1. The lowest BCUT2D eigenvalue weighted by Crippen LogP contribution is -1.94. The van der Waals surface area contributed by atoms with Crippen LogP contribution in [-0.2, 0) is 0 Å². The van der Waals surface area contributed by atoms with Gasteiger partial charge in [-0.25, -0.2) is 0 Å². The lowest BCUT2D eigenvalue weighted by molar-refractivity contribution is 0.669. The van der Waals surface area contributed by atoms with E-state index in [1.54, 1.807) is 0 Å². The Hall–Kier alpha value is -17.6. The number of para-hydroxylation sites is 3. The van der Waals surface area contributed by atoms with E-state index >= 15 is 0 Å². The highest BCUT2D eigenvalue weighted by Gasteiger charge is 2.27. The van der Waals surface area contributed by atoms with Gasteiger partial charge in [0.1, 0.15) is 22.3 Å². The first kappa shape index (κ1) is 76.6. The van der Waals surface area contributed by atoms with Crippen molar-refractivity contribution >= 4 is 173 Å². The molecule has 0 unspecified atom stereocenters. The predicted octanol–water partition coefficient (Wildman–Crippen LogP) is 36.2. The molecule has 4 nitrogen and oxygen atoms in total. The van der Waals surface area contributed by atoms with Gasteiger partial charge >= 0.3 is 0 Å². The molecular weight excluding hydrogens is 1610 g/mol. The second-order valence-corrected chi connectivity index (χ2v) is 34.8. The van der Waals surface area contributed by atoms with E-state index in [-0.39, 0.29) is 0 Å². The summed E-state index contributed by atoms with van der Waals surface area (Å²) in [6.07, 6.45) is 3.87. The van der Waals surface area contributed by atoms with E-state index in [0.29, 0.717) is 0 Å². The number of furan rings is 2. The summed E-state index contributed by atoms with van der Waals surface area (Å²) in [4.78, 5) is 4.50. The number of hydrogen-bond acceptors (Lipinski definition) is 3. The van der Waals surface area contributed by atoms with Crippen molar-refractivity contribution in [1.82, 2.24) is 9.55 Å². The summed E-state index contributed by atoms with van der Waals surface area (Å²) >= 11 is 0. The number of benzene rings is 24. The molecule has 0 saturated carbocycles. The zero-order valence-corrected chi connectivity index (χ0v) is 72.4. The van der Waals surface area contributed by atoms with Crippen LogP contribution in [0.2, 0.25) is 0 Å². The minimum absolute atomic E-state index is 0.914. The quantitative estimate of drug-likeness (QED) is 0.135. The molecule has 0 N–H and O–H groups in total. The van der Waals surface area contributed by atoms with Crippen molar-refractivity contribution in [3.05, 3.63) is 486 Å². The maximum absolute atomic E-state index is 6.53. The summed E-state index contributed by atoms with van der Waals surface area (Å²) < 4.78 is 15.2. The molecule has 4 heteroatoms.